The maximum atomic E-state index is 12.1. The largest absolute Gasteiger partial charge is 0.460 e. The maximum absolute atomic E-state index is 12.1. The van der Waals surface area contributed by atoms with Crippen molar-refractivity contribution < 1.29 is 9.53 Å². The fraction of sp³-hybridized carbons (Fsp3) is 0.812. The Morgan fingerprint density at radius 1 is 1.35 bits per heavy atom. The third-order valence-corrected chi connectivity index (χ3v) is 4.97. The van der Waals surface area contributed by atoms with Gasteiger partial charge in [0.15, 0.2) is 0 Å². The molecule has 2 aliphatic rings. The third-order valence-electron chi connectivity index (χ3n) is 4.97. The first-order chi connectivity index (χ1) is 9.37. The van der Waals surface area contributed by atoms with Crippen LogP contribution >= 0.6 is 0 Å². The average molecular weight is 280 g/mol. The molecule has 0 saturated heterocycles. The van der Waals surface area contributed by atoms with E-state index in [4.69, 9.17) is 4.74 Å². The molecule has 1 aliphatic heterocycles. The molecule has 0 amide bonds. The zero-order valence-corrected chi connectivity index (χ0v) is 13.5. The molecule has 0 bridgehead atoms. The molecule has 0 aromatic heterocycles. The summed E-state index contributed by atoms with van der Waals surface area (Å²) in [5.41, 5.74) is 2.22. The van der Waals surface area contributed by atoms with Gasteiger partial charge in [0.2, 0.25) is 0 Å². The van der Waals surface area contributed by atoms with Gasteiger partial charge in [-0.15, -0.1) is 0 Å². The highest BCUT2D eigenvalue weighted by atomic mass is 16.5. The van der Waals surface area contributed by atoms with E-state index in [0.29, 0.717) is 6.61 Å². The van der Waals surface area contributed by atoms with E-state index in [0.717, 1.165) is 24.4 Å². The first-order valence-electron chi connectivity index (χ1n) is 7.68. The van der Waals surface area contributed by atoms with Gasteiger partial charge in [0.05, 0.1) is 12.1 Å². The van der Waals surface area contributed by atoms with Crippen LogP contribution in [0.15, 0.2) is 11.3 Å². The normalized spacial score (nSPS) is 22.9. The van der Waals surface area contributed by atoms with Crippen molar-refractivity contribution in [3.05, 3.63) is 11.3 Å². The SMILES string of the molecule is CC1=C(C(C)C)C(=O)OCCN1CC1(N(C)C)CCC1. The van der Waals surface area contributed by atoms with Gasteiger partial charge in [-0.25, -0.2) is 4.79 Å². The average Bonchev–Trinajstić information content (AvgIpc) is 2.42. The molecule has 0 unspecified atom stereocenters. The molecule has 0 radical (unpaired) electrons. The van der Waals surface area contributed by atoms with E-state index in [1.807, 2.05) is 0 Å². The van der Waals surface area contributed by atoms with Gasteiger partial charge in [0, 0.05) is 17.8 Å². The van der Waals surface area contributed by atoms with Crippen LogP contribution < -0.4 is 0 Å². The van der Waals surface area contributed by atoms with Crippen molar-refractivity contribution in [3.63, 3.8) is 0 Å². The van der Waals surface area contributed by atoms with Gasteiger partial charge >= 0.3 is 5.97 Å². The van der Waals surface area contributed by atoms with E-state index >= 15 is 0 Å². The lowest BCUT2D eigenvalue weighted by molar-refractivity contribution is -0.139. The van der Waals surface area contributed by atoms with E-state index < -0.39 is 0 Å². The van der Waals surface area contributed by atoms with Gasteiger partial charge in [-0.3, -0.25) is 0 Å². The van der Waals surface area contributed by atoms with Crippen LogP contribution in [0.2, 0.25) is 0 Å². The molecule has 2 rings (SSSR count). The van der Waals surface area contributed by atoms with Crippen molar-refractivity contribution >= 4 is 5.97 Å². The van der Waals surface area contributed by atoms with Crippen molar-refractivity contribution in [1.29, 1.82) is 0 Å². The van der Waals surface area contributed by atoms with E-state index in [-0.39, 0.29) is 17.4 Å². The third kappa shape index (κ3) is 2.71. The van der Waals surface area contributed by atoms with Crippen molar-refractivity contribution in [1.82, 2.24) is 9.80 Å². The van der Waals surface area contributed by atoms with Crippen molar-refractivity contribution in [2.45, 2.75) is 45.6 Å². The Bertz CT molecular complexity index is 409. The summed E-state index contributed by atoms with van der Waals surface area (Å²) in [6.07, 6.45) is 3.80. The Morgan fingerprint density at radius 2 is 2.00 bits per heavy atom. The van der Waals surface area contributed by atoms with Gasteiger partial charge < -0.3 is 14.5 Å². The van der Waals surface area contributed by atoms with Crippen LogP contribution in [0.25, 0.3) is 0 Å². The molecule has 4 nitrogen and oxygen atoms in total. The fourth-order valence-corrected chi connectivity index (χ4v) is 3.35. The molecular formula is C16H28N2O2. The highest BCUT2D eigenvalue weighted by Crippen LogP contribution is 2.38. The van der Waals surface area contributed by atoms with Crippen LogP contribution in [0.1, 0.15) is 40.0 Å². The van der Waals surface area contributed by atoms with Gasteiger partial charge in [-0.2, -0.15) is 0 Å². The quantitative estimate of drug-likeness (QED) is 0.740. The lowest BCUT2D eigenvalue weighted by Crippen LogP contribution is -2.57. The predicted molar refractivity (Wildman–Crippen MR) is 80.3 cm³/mol. The minimum Gasteiger partial charge on any atom is -0.460 e. The number of allylic oxidation sites excluding steroid dienone is 1. The van der Waals surface area contributed by atoms with Crippen molar-refractivity contribution in [2.24, 2.45) is 5.92 Å². The summed E-state index contributed by atoms with van der Waals surface area (Å²) >= 11 is 0. The van der Waals surface area contributed by atoms with Crippen LogP contribution in [-0.2, 0) is 9.53 Å². The number of rotatable bonds is 4. The van der Waals surface area contributed by atoms with Crippen LogP contribution in [0.4, 0.5) is 0 Å². The Labute approximate surface area is 122 Å². The number of carbonyl (C=O) groups is 1. The maximum Gasteiger partial charge on any atom is 0.336 e. The second-order valence-corrected chi connectivity index (χ2v) is 6.68. The minimum atomic E-state index is -0.132. The molecule has 114 valence electrons. The monoisotopic (exact) mass is 280 g/mol. The number of esters is 1. The number of nitrogens with zero attached hydrogens (tertiary/aromatic N) is 2. The van der Waals surface area contributed by atoms with E-state index in [2.05, 4.69) is 44.7 Å². The first kappa shape index (κ1) is 15.4. The zero-order valence-electron chi connectivity index (χ0n) is 13.5. The summed E-state index contributed by atoms with van der Waals surface area (Å²) in [7, 11) is 4.34. The standard InChI is InChI=1S/C16H28N2O2/c1-12(2)14-13(3)18(9-10-20-15(14)19)11-16(17(4)5)7-6-8-16/h12H,6-11H2,1-5H3. The predicted octanol–water partition coefficient (Wildman–Crippen LogP) is 2.26. The van der Waals surface area contributed by atoms with Crippen LogP contribution in [-0.4, -0.2) is 55.1 Å². The van der Waals surface area contributed by atoms with E-state index in [1.165, 1.54) is 19.3 Å². The van der Waals surface area contributed by atoms with Crippen LogP contribution in [0, 0.1) is 5.92 Å². The summed E-state index contributed by atoms with van der Waals surface area (Å²) in [5.74, 6) is 0.0762. The molecule has 4 heteroatoms. The van der Waals surface area contributed by atoms with Gasteiger partial charge in [0.25, 0.3) is 0 Å². The van der Waals surface area contributed by atoms with Gasteiger partial charge in [-0.1, -0.05) is 13.8 Å². The number of carbonyl (C=O) groups excluding carboxylic acids is 1. The van der Waals surface area contributed by atoms with E-state index in [9.17, 15) is 4.79 Å². The summed E-state index contributed by atoms with van der Waals surface area (Å²) in [6, 6.07) is 0. The van der Waals surface area contributed by atoms with Crippen LogP contribution in [0.5, 0.6) is 0 Å². The molecule has 1 heterocycles. The Hall–Kier alpha value is -1.03. The molecule has 1 saturated carbocycles. The number of ether oxygens (including phenoxy) is 1. The van der Waals surface area contributed by atoms with Gasteiger partial charge in [-0.05, 0) is 46.2 Å². The van der Waals surface area contributed by atoms with Crippen LogP contribution in [0.3, 0.4) is 0 Å². The molecule has 0 N–H and O–H groups in total. The summed E-state index contributed by atoms with van der Waals surface area (Å²) in [5, 5.41) is 0. The van der Waals surface area contributed by atoms with E-state index in [1.54, 1.807) is 0 Å². The fourth-order valence-electron chi connectivity index (χ4n) is 3.35. The van der Waals surface area contributed by atoms with Crippen molar-refractivity contribution in [2.75, 3.05) is 33.8 Å². The summed E-state index contributed by atoms with van der Waals surface area (Å²) in [4.78, 5) is 16.8. The molecular weight excluding hydrogens is 252 g/mol. The molecule has 1 aliphatic carbocycles. The van der Waals surface area contributed by atoms with Gasteiger partial charge in [0.1, 0.15) is 6.61 Å². The lowest BCUT2D eigenvalue weighted by Gasteiger charge is -2.50. The lowest BCUT2D eigenvalue weighted by atomic mass is 9.75. The molecule has 0 spiro atoms. The highest BCUT2D eigenvalue weighted by Gasteiger charge is 2.41. The number of likely N-dealkylation sites (N-methyl/N-ethyl adjacent to an activating group) is 1. The smallest absolute Gasteiger partial charge is 0.336 e. The Morgan fingerprint density at radius 3 is 2.45 bits per heavy atom. The minimum absolute atomic E-state index is 0.132. The highest BCUT2D eigenvalue weighted by molar-refractivity contribution is 5.89. The number of hydrogen-bond acceptors (Lipinski definition) is 4. The van der Waals surface area contributed by atoms with Crippen molar-refractivity contribution in [3.8, 4) is 0 Å². The molecule has 0 atom stereocenters. The number of hydrogen-bond donors (Lipinski definition) is 0. The first-order valence-corrected chi connectivity index (χ1v) is 7.68. The molecule has 20 heavy (non-hydrogen) atoms. The summed E-state index contributed by atoms with van der Waals surface area (Å²) in [6.45, 7) is 8.51. The molecule has 1 fully saturated rings. The second kappa shape index (κ2) is 5.76. The molecule has 0 aromatic rings. The summed E-state index contributed by atoms with van der Waals surface area (Å²) < 4.78 is 5.35. The Kier molecular flexibility index (Phi) is 4.43. The second-order valence-electron chi connectivity index (χ2n) is 6.68. The zero-order chi connectivity index (χ0) is 14.9. The topological polar surface area (TPSA) is 32.8 Å². The number of cyclic esters (lactones) is 1. The molecule has 0 aromatic carbocycles. The Balaban J connectivity index is 2.24.